The summed E-state index contributed by atoms with van der Waals surface area (Å²) in [6.07, 6.45) is 3.35. The molecule has 1 amide bonds. The molecule has 5 heteroatoms. The van der Waals surface area contributed by atoms with Crippen LogP contribution in [0.4, 0.5) is 4.79 Å². The molecule has 0 bridgehead atoms. The van der Waals surface area contributed by atoms with Crippen molar-refractivity contribution in [2.24, 2.45) is 7.05 Å². The van der Waals surface area contributed by atoms with Crippen molar-refractivity contribution in [2.45, 2.75) is 6.42 Å². The minimum Gasteiger partial charge on any atom is -0.465 e. The third kappa shape index (κ3) is 2.38. The van der Waals surface area contributed by atoms with E-state index in [0.717, 1.165) is 11.1 Å². The van der Waals surface area contributed by atoms with Gasteiger partial charge >= 0.3 is 6.09 Å². The first-order valence-electron chi connectivity index (χ1n) is 5.42. The Kier molecular flexibility index (Phi) is 2.99. The van der Waals surface area contributed by atoms with Gasteiger partial charge in [-0.2, -0.15) is 0 Å². The molecule has 5 nitrogen and oxygen atoms in total. The van der Waals surface area contributed by atoms with Crippen LogP contribution in [0.25, 0.3) is 5.57 Å². The second-order valence-corrected chi connectivity index (χ2v) is 4.07. The lowest BCUT2D eigenvalue weighted by molar-refractivity contribution is 0.150. The highest BCUT2D eigenvalue weighted by Crippen LogP contribution is 2.20. The van der Waals surface area contributed by atoms with E-state index < -0.39 is 6.09 Å². The maximum Gasteiger partial charge on any atom is 0.407 e. The van der Waals surface area contributed by atoms with Crippen LogP contribution < -0.4 is 5.56 Å². The summed E-state index contributed by atoms with van der Waals surface area (Å²) in [5.41, 5.74) is 1.88. The molecule has 0 spiro atoms. The number of amides is 1. The Morgan fingerprint density at radius 2 is 2.24 bits per heavy atom. The van der Waals surface area contributed by atoms with Gasteiger partial charge in [0.25, 0.3) is 5.56 Å². The minimum absolute atomic E-state index is 0.0518. The molecule has 0 atom stereocenters. The van der Waals surface area contributed by atoms with Crippen LogP contribution in [0.3, 0.4) is 0 Å². The van der Waals surface area contributed by atoms with Crippen molar-refractivity contribution in [1.29, 1.82) is 0 Å². The van der Waals surface area contributed by atoms with Crippen molar-refractivity contribution in [2.75, 3.05) is 13.1 Å². The van der Waals surface area contributed by atoms with E-state index in [9.17, 15) is 9.59 Å². The monoisotopic (exact) mass is 234 g/mol. The van der Waals surface area contributed by atoms with Gasteiger partial charge in [0.1, 0.15) is 0 Å². The largest absolute Gasteiger partial charge is 0.465 e. The number of nitrogens with zero attached hydrogens (tertiary/aromatic N) is 2. The molecular formula is C12H14N2O3. The number of carboxylic acid groups (broad SMARTS) is 1. The highest BCUT2D eigenvalue weighted by molar-refractivity contribution is 5.71. The van der Waals surface area contributed by atoms with Crippen LogP contribution in [0.2, 0.25) is 0 Å². The topological polar surface area (TPSA) is 62.5 Å². The lowest BCUT2D eigenvalue weighted by atomic mass is 10.0. The van der Waals surface area contributed by atoms with Gasteiger partial charge in [0, 0.05) is 32.4 Å². The van der Waals surface area contributed by atoms with Gasteiger partial charge in [-0.05, 0) is 23.6 Å². The van der Waals surface area contributed by atoms with Gasteiger partial charge in [-0.15, -0.1) is 0 Å². The second-order valence-electron chi connectivity index (χ2n) is 4.07. The summed E-state index contributed by atoms with van der Waals surface area (Å²) in [7, 11) is 1.70. The Hall–Kier alpha value is -2.04. The van der Waals surface area contributed by atoms with Crippen LogP contribution in [0.1, 0.15) is 12.0 Å². The first kappa shape index (κ1) is 11.4. The number of carbonyl (C=O) groups is 1. The van der Waals surface area contributed by atoms with Crippen LogP contribution in [0, 0.1) is 0 Å². The van der Waals surface area contributed by atoms with Gasteiger partial charge in [0.2, 0.25) is 0 Å². The molecule has 2 heterocycles. The van der Waals surface area contributed by atoms with Crippen molar-refractivity contribution in [3.63, 3.8) is 0 Å². The molecule has 1 aromatic rings. The predicted molar refractivity (Wildman–Crippen MR) is 63.9 cm³/mol. The fourth-order valence-electron chi connectivity index (χ4n) is 1.85. The molecule has 0 saturated heterocycles. The Morgan fingerprint density at radius 3 is 2.76 bits per heavy atom. The molecule has 1 aromatic heterocycles. The van der Waals surface area contributed by atoms with E-state index in [1.165, 1.54) is 9.47 Å². The zero-order chi connectivity index (χ0) is 12.4. The van der Waals surface area contributed by atoms with Crippen molar-refractivity contribution < 1.29 is 9.90 Å². The van der Waals surface area contributed by atoms with Crippen LogP contribution in [-0.2, 0) is 7.05 Å². The summed E-state index contributed by atoms with van der Waals surface area (Å²) < 4.78 is 1.51. The molecule has 2 rings (SSSR count). The van der Waals surface area contributed by atoms with Crippen LogP contribution >= 0.6 is 0 Å². The zero-order valence-corrected chi connectivity index (χ0v) is 9.59. The molecule has 0 fully saturated rings. The fraction of sp³-hybridized carbons (Fsp3) is 0.333. The Bertz CT molecular complexity index is 531. The van der Waals surface area contributed by atoms with Gasteiger partial charge in [-0.25, -0.2) is 4.79 Å². The van der Waals surface area contributed by atoms with Crippen molar-refractivity contribution in [1.82, 2.24) is 9.47 Å². The SMILES string of the molecule is Cn1ccc(C2=CCN(C(=O)O)CC2)cc1=O. The lowest BCUT2D eigenvalue weighted by Gasteiger charge is -2.23. The number of hydrogen-bond donors (Lipinski definition) is 1. The summed E-state index contributed by atoms with van der Waals surface area (Å²) in [6.45, 7) is 0.871. The van der Waals surface area contributed by atoms with Crippen LogP contribution in [-0.4, -0.2) is 33.8 Å². The van der Waals surface area contributed by atoms with E-state index in [1.807, 2.05) is 12.1 Å². The van der Waals surface area contributed by atoms with Gasteiger partial charge in [-0.3, -0.25) is 4.79 Å². The summed E-state index contributed by atoms with van der Waals surface area (Å²) >= 11 is 0. The van der Waals surface area contributed by atoms with E-state index >= 15 is 0 Å². The third-order valence-electron chi connectivity index (χ3n) is 2.95. The third-order valence-corrected chi connectivity index (χ3v) is 2.95. The highest BCUT2D eigenvalue weighted by Gasteiger charge is 2.16. The van der Waals surface area contributed by atoms with E-state index in [4.69, 9.17) is 5.11 Å². The standard InChI is InChI=1S/C12H14N2O3/c1-13-5-2-10(8-11(13)15)9-3-6-14(7-4-9)12(16)17/h2-3,5,8H,4,6-7H2,1H3,(H,16,17). The maximum absolute atomic E-state index is 11.5. The van der Waals surface area contributed by atoms with Gasteiger partial charge in [0.05, 0.1) is 0 Å². The molecule has 1 aliphatic heterocycles. The maximum atomic E-state index is 11.5. The average molecular weight is 234 g/mol. The van der Waals surface area contributed by atoms with E-state index in [0.29, 0.717) is 19.5 Å². The molecule has 1 N–H and O–H groups in total. The number of aryl methyl sites for hydroxylation is 1. The molecule has 90 valence electrons. The van der Waals surface area contributed by atoms with E-state index in [-0.39, 0.29) is 5.56 Å². The number of pyridine rings is 1. The predicted octanol–water partition coefficient (Wildman–Crippen LogP) is 1.15. The fourth-order valence-corrected chi connectivity index (χ4v) is 1.85. The van der Waals surface area contributed by atoms with Crippen molar-refractivity contribution in [3.05, 3.63) is 40.3 Å². The Morgan fingerprint density at radius 1 is 1.47 bits per heavy atom. The first-order valence-corrected chi connectivity index (χ1v) is 5.42. The van der Waals surface area contributed by atoms with Crippen molar-refractivity contribution >= 4 is 11.7 Å². The molecule has 0 saturated carbocycles. The molecule has 0 unspecified atom stereocenters. The van der Waals surface area contributed by atoms with E-state index in [1.54, 1.807) is 19.3 Å². The zero-order valence-electron chi connectivity index (χ0n) is 9.59. The van der Waals surface area contributed by atoms with Crippen LogP contribution in [0.5, 0.6) is 0 Å². The smallest absolute Gasteiger partial charge is 0.407 e. The normalized spacial score (nSPS) is 15.6. The number of aromatic nitrogens is 1. The minimum atomic E-state index is -0.899. The second kappa shape index (κ2) is 4.45. The molecular weight excluding hydrogens is 220 g/mol. The molecule has 0 aliphatic carbocycles. The Labute approximate surface area is 98.6 Å². The van der Waals surface area contributed by atoms with E-state index in [2.05, 4.69) is 0 Å². The van der Waals surface area contributed by atoms with Crippen LogP contribution in [0.15, 0.2) is 29.2 Å². The summed E-state index contributed by atoms with van der Waals surface area (Å²) in [4.78, 5) is 23.6. The van der Waals surface area contributed by atoms with Gasteiger partial charge in [0.15, 0.2) is 0 Å². The molecule has 0 radical (unpaired) electrons. The van der Waals surface area contributed by atoms with Gasteiger partial charge in [-0.1, -0.05) is 6.08 Å². The number of hydrogen-bond acceptors (Lipinski definition) is 2. The van der Waals surface area contributed by atoms with Gasteiger partial charge < -0.3 is 14.6 Å². The summed E-state index contributed by atoms with van der Waals surface area (Å²) in [6, 6.07) is 3.46. The Balaban J connectivity index is 2.22. The highest BCUT2D eigenvalue weighted by atomic mass is 16.4. The molecule has 1 aliphatic rings. The lowest BCUT2D eigenvalue weighted by Crippen LogP contribution is -2.33. The summed E-state index contributed by atoms with van der Waals surface area (Å²) in [5, 5.41) is 8.82. The summed E-state index contributed by atoms with van der Waals surface area (Å²) in [5.74, 6) is 0. The molecule has 0 aromatic carbocycles. The quantitative estimate of drug-likeness (QED) is 0.793. The average Bonchev–Trinajstić information content (AvgIpc) is 2.33. The molecule has 17 heavy (non-hydrogen) atoms. The number of rotatable bonds is 1. The van der Waals surface area contributed by atoms with Crippen molar-refractivity contribution in [3.8, 4) is 0 Å². The first-order chi connectivity index (χ1) is 8.08.